The minimum atomic E-state index is -3.92. The molecule has 0 bridgehead atoms. The summed E-state index contributed by atoms with van der Waals surface area (Å²) >= 11 is 0. The Morgan fingerprint density at radius 1 is 0.381 bits per heavy atom. The lowest BCUT2D eigenvalue weighted by molar-refractivity contribution is 1.08. The first-order chi connectivity index (χ1) is 39.6. The maximum atomic E-state index is 10.6. The molecule has 4 heteroatoms. The summed E-state index contributed by atoms with van der Waals surface area (Å²) in [6.07, 6.45) is 0. The van der Waals surface area contributed by atoms with Gasteiger partial charge < -0.3 is 4.57 Å². The summed E-state index contributed by atoms with van der Waals surface area (Å²) in [4.78, 5) is 5.12. The molecule has 0 saturated heterocycles. The topological polar surface area (TPSA) is 22.8 Å². The molecule has 0 radical (unpaired) electrons. The summed E-state index contributed by atoms with van der Waals surface area (Å²) < 4.78 is 187. The van der Waals surface area contributed by atoms with Crippen molar-refractivity contribution in [3.63, 3.8) is 0 Å². The highest BCUT2D eigenvalue weighted by Crippen LogP contribution is 2.39. The molecule has 0 saturated carbocycles. The molecule has 12 aromatic rings. The van der Waals surface area contributed by atoms with Crippen LogP contribution in [0.5, 0.6) is 0 Å². The summed E-state index contributed by atoms with van der Waals surface area (Å²) in [5, 5.41) is 1.34. The molecule has 296 valence electrons. The van der Waals surface area contributed by atoms with Gasteiger partial charge in [-0.3, -0.25) is 4.57 Å². The lowest BCUT2D eigenvalue weighted by atomic mass is 10.0. The van der Waals surface area contributed by atoms with Gasteiger partial charge in [-0.2, -0.15) is 0 Å². The standard InChI is InChI=1S/C59H41N3Si/c1-4-22-44(23-5-1)63(45-24-6-2-7-25-45,46-26-8-3-9-27-46)47-28-20-21-42(39-47)53-40-43(41-59(60-53)62-57-37-18-13-32-51(57)52-33-14-19-38-58(52)62)48-29-10-15-34-54(48)61-55-35-16-11-30-49(55)50-31-12-17-36-56(50)61/h1-41H/i11D,12D,13D,14D,16D,17D,18D,19D,20D,21D,28D,30D,31D,32D,33D,35D,36D,37D,38D,39D. The molecule has 0 fully saturated rings. The summed E-state index contributed by atoms with van der Waals surface area (Å²) in [7, 11) is -3.92. The van der Waals surface area contributed by atoms with Crippen LogP contribution in [0.2, 0.25) is 0 Å². The van der Waals surface area contributed by atoms with Crippen LogP contribution >= 0.6 is 0 Å². The predicted octanol–water partition coefficient (Wildman–Crippen LogP) is 12.0. The zero-order valence-corrected chi connectivity index (χ0v) is 34.0. The molecule has 3 nitrogen and oxygen atoms in total. The highest BCUT2D eigenvalue weighted by atomic mass is 28.3. The predicted molar refractivity (Wildman–Crippen MR) is 267 cm³/mol. The number of benzene rings is 9. The smallest absolute Gasteiger partial charge is 0.179 e. The van der Waals surface area contributed by atoms with Crippen molar-refractivity contribution in [2.24, 2.45) is 0 Å². The molecular formula is C59H41N3Si. The first-order valence-electron chi connectivity index (χ1n) is 30.0. The molecule has 3 aromatic heterocycles. The largest absolute Gasteiger partial charge is 0.309 e. The van der Waals surface area contributed by atoms with Gasteiger partial charge in [-0.1, -0.05) is 206 Å². The fourth-order valence-corrected chi connectivity index (χ4v) is 13.3. The molecular weight excluding hydrogens is 779 g/mol. The average molecular weight is 840 g/mol. The molecule has 9 aromatic carbocycles. The third kappa shape index (κ3) is 5.91. The fraction of sp³-hybridized carbons (Fsp3) is 0. The number of hydrogen-bond acceptors (Lipinski definition) is 1. The van der Waals surface area contributed by atoms with E-state index in [1.807, 2.05) is 91.0 Å². The second-order valence-electron chi connectivity index (χ2n) is 14.8. The summed E-state index contributed by atoms with van der Waals surface area (Å²) in [6, 6.07) is 24.9. The van der Waals surface area contributed by atoms with Gasteiger partial charge in [-0.05, 0) is 68.7 Å². The van der Waals surface area contributed by atoms with Gasteiger partial charge in [0.15, 0.2) is 8.07 Å². The number of hydrogen-bond donors (Lipinski definition) is 0. The molecule has 0 unspecified atom stereocenters. The number of pyridine rings is 1. The maximum Gasteiger partial charge on any atom is 0.179 e. The fourth-order valence-electron chi connectivity index (χ4n) is 8.80. The molecule has 0 amide bonds. The Labute approximate surface area is 395 Å². The maximum absolute atomic E-state index is 10.6. The average Bonchev–Trinajstić information content (AvgIpc) is 2.28. The van der Waals surface area contributed by atoms with Crippen LogP contribution in [0, 0.1) is 0 Å². The van der Waals surface area contributed by atoms with Gasteiger partial charge in [0.05, 0.1) is 60.9 Å². The van der Waals surface area contributed by atoms with Gasteiger partial charge in [0.25, 0.3) is 0 Å². The van der Waals surface area contributed by atoms with Gasteiger partial charge in [0.2, 0.25) is 0 Å². The Morgan fingerprint density at radius 3 is 1.33 bits per heavy atom. The van der Waals surface area contributed by atoms with E-state index in [-0.39, 0.29) is 88.7 Å². The van der Waals surface area contributed by atoms with E-state index in [2.05, 4.69) is 0 Å². The van der Waals surface area contributed by atoms with Crippen LogP contribution in [-0.4, -0.2) is 22.2 Å². The summed E-state index contributed by atoms with van der Waals surface area (Å²) in [5.74, 6) is -0.284. The van der Waals surface area contributed by atoms with Crippen LogP contribution in [0.4, 0.5) is 0 Å². The molecule has 3 heterocycles. The van der Waals surface area contributed by atoms with Gasteiger partial charge in [-0.15, -0.1) is 0 Å². The first-order valence-corrected chi connectivity index (χ1v) is 22.0. The lowest BCUT2D eigenvalue weighted by Gasteiger charge is -2.34. The van der Waals surface area contributed by atoms with E-state index >= 15 is 0 Å². The van der Waals surface area contributed by atoms with Crippen molar-refractivity contribution in [3.8, 4) is 33.9 Å². The normalized spacial score (nSPS) is 16.3. The van der Waals surface area contributed by atoms with Crippen molar-refractivity contribution in [2.45, 2.75) is 0 Å². The summed E-state index contributed by atoms with van der Waals surface area (Å²) in [5.41, 5.74) is -1.24. The third-order valence-corrected chi connectivity index (χ3v) is 16.0. The van der Waals surface area contributed by atoms with Crippen LogP contribution in [0.1, 0.15) is 27.4 Å². The van der Waals surface area contributed by atoms with Crippen molar-refractivity contribution in [1.29, 1.82) is 0 Å². The Balaban J connectivity index is 1.30. The monoisotopic (exact) mass is 839 g/mol. The van der Waals surface area contributed by atoms with Crippen molar-refractivity contribution in [1.82, 2.24) is 14.1 Å². The Bertz CT molecular complexity index is 4550. The van der Waals surface area contributed by atoms with Gasteiger partial charge in [0, 0.05) is 32.7 Å². The van der Waals surface area contributed by atoms with Crippen LogP contribution in [0.25, 0.3) is 77.5 Å². The van der Waals surface area contributed by atoms with E-state index in [4.69, 9.17) is 18.7 Å². The van der Waals surface area contributed by atoms with E-state index < -0.39 is 123 Å². The highest BCUT2D eigenvalue weighted by molar-refractivity contribution is 7.19. The molecule has 63 heavy (non-hydrogen) atoms. The van der Waals surface area contributed by atoms with Crippen LogP contribution in [0.15, 0.2) is 248 Å². The second-order valence-corrected chi connectivity index (χ2v) is 18.5. The quantitative estimate of drug-likeness (QED) is 0.110. The molecule has 0 spiro atoms. The minimum absolute atomic E-state index is 0.0703. The van der Waals surface area contributed by atoms with E-state index in [9.17, 15) is 13.7 Å². The van der Waals surface area contributed by atoms with Crippen molar-refractivity contribution < 1.29 is 27.4 Å². The molecule has 0 aliphatic rings. The minimum Gasteiger partial charge on any atom is -0.309 e. The number of rotatable bonds is 8. The van der Waals surface area contributed by atoms with E-state index in [1.54, 1.807) is 24.3 Å². The van der Waals surface area contributed by atoms with E-state index in [0.29, 0.717) is 0 Å². The number of aromatic nitrogens is 3. The van der Waals surface area contributed by atoms with Crippen LogP contribution < -0.4 is 20.7 Å². The van der Waals surface area contributed by atoms with Crippen LogP contribution in [0.3, 0.4) is 0 Å². The first kappa shape index (κ1) is 21.6. The van der Waals surface area contributed by atoms with Crippen molar-refractivity contribution >= 4 is 72.4 Å². The molecule has 0 aliphatic heterocycles. The van der Waals surface area contributed by atoms with Gasteiger partial charge >= 0.3 is 0 Å². The van der Waals surface area contributed by atoms with E-state index in [0.717, 1.165) is 20.1 Å². The lowest BCUT2D eigenvalue weighted by Crippen LogP contribution is -2.74. The zero-order chi connectivity index (χ0) is 59.2. The second kappa shape index (κ2) is 15.1. The third-order valence-electron chi connectivity index (χ3n) is 11.4. The number of nitrogens with zero attached hydrogens (tertiary/aromatic N) is 3. The SMILES string of the molecule is [2H]c1c([2H])c(-c2cc(-c3ccccc3-n3c4c([2H])c([2H])c([2H])c([2H])c4c4c([2H])c([2H])c([2H])c([2H])c43)cc(-n3c4c([2H])c([2H])c([2H])c([2H])c4c4c([2H])c([2H])c([2H])c([2H])c43)n2)c([2H])c([Si](c2ccccc2)(c2ccccc2)c2ccccc2)c1[2H]. The van der Waals surface area contributed by atoms with Gasteiger partial charge in [0.1, 0.15) is 5.82 Å². The number of fused-ring (bicyclic) bond motifs is 6. The zero-order valence-electron chi connectivity index (χ0n) is 53.0. The van der Waals surface area contributed by atoms with Crippen LogP contribution in [-0.2, 0) is 0 Å². The molecule has 0 N–H and O–H groups in total. The van der Waals surface area contributed by atoms with Crippen molar-refractivity contribution in [3.05, 3.63) is 248 Å². The Morgan fingerprint density at radius 2 is 0.825 bits per heavy atom. The summed E-state index contributed by atoms with van der Waals surface area (Å²) in [6.45, 7) is 0. The Kier molecular flexibility index (Phi) is 5.20. The van der Waals surface area contributed by atoms with E-state index in [1.165, 1.54) is 16.7 Å². The molecule has 12 rings (SSSR count). The van der Waals surface area contributed by atoms with Crippen molar-refractivity contribution in [2.75, 3.05) is 0 Å². The molecule has 0 atom stereocenters. The molecule has 0 aliphatic carbocycles. The Hall–Kier alpha value is -8.05. The highest BCUT2D eigenvalue weighted by Gasteiger charge is 2.41. The number of para-hydroxylation sites is 5. The van der Waals surface area contributed by atoms with Gasteiger partial charge in [-0.25, -0.2) is 4.98 Å².